The Balaban J connectivity index is 2.57. The van der Waals surface area contributed by atoms with Crippen LogP contribution in [0.4, 0.5) is 5.82 Å². The smallest absolute Gasteiger partial charge is 0.161 e. The van der Waals surface area contributed by atoms with Crippen LogP contribution in [0.25, 0.3) is 10.8 Å². The summed E-state index contributed by atoms with van der Waals surface area (Å²) >= 11 is 0. The molecule has 5 nitrogen and oxygen atoms in total. The Hall–Kier alpha value is -2.01. The molecule has 0 fully saturated rings. The minimum Gasteiger partial charge on any atom is -0.493 e. The van der Waals surface area contributed by atoms with E-state index in [1.165, 1.54) is 0 Å². The number of ether oxygens (including phenoxy) is 2. The standard InChI is InChI=1S/C16H22N2O3/c1-4-7-18(8-9-19)16-13-11-15(21-3)14(20-2)10-12(13)5-6-17-16/h5-6,10-11,19H,4,7-9H2,1-3H3. The number of aliphatic hydroxyl groups excluding tert-OH is 1. The molecule has 0 unspecified atom stereocenters. The van der Waals surface area contributed by atoms with E-state index in [4.69, 9.17) is 9.47 Å². The van der Waals surface area contributed by atoms with Crippen LogP contribution in [-0.4, -0.2) is 44.0 Å². The van der Waals surface area contributed by atoms with Gasteiger partial charge in [0.25, 0.3) is 0 Å². The summed E-state index contributed by atoms with van der Waals surface area (Å²) in [6, 6.07) is 5.84. The van der Waals surface area contributed by atoms with E-state index in [-0.39, 0.29) is 6.61 Å². The molecule has 5 heteroatoms. The Morgan fingerprint density at radius 1 is 1.14 bits per heavy atom. The molecule has 0 saturated heterocycles. The second-order valence-corrected chi connectivity index (χ2v) is 4.77. The van der Waals surface area contributed by atoms with Gasteiger partial charge in [0.2, 0.25) is 0 Å². The highest BCUT2D eigenvalue weighted by molar-refractivity contribution is 5.94. The van der Waals surface area contributed by atoms with E-state index < -0.39 is 0 Å². The number of pyridine rings is 1. The van der Waals surface area contributed by atoms with E-state index in [9.17, 15) is 5.11 Å². The van der Waals surface area contributed by atoms with Gasteiger partial charge in [0.15, 0.2) is 11.5 Å². The monoisotopic (exact) mass is 290 g/mol. The summed E-state index contributed by atoms with van der Waals surface area (Å²) < 4.78 is 10.7. The zero-order chi connectivity index (χ0) is 15.2. The number of hydrogen-bond acceptors (Lipinski definition) is 5. The Labute approximate surface area is 125 Å². The van der Waals surface area contributed by atoms with Gasteiger partial charge in [-0.3, -0.25) is 0 Å². The molecule has 0 spiro atoms. The van der Waals surface area contributed by atoms with E-state index in [0.29, 0.717) is 18.0 Å². The average molecular weight is 290 g/mol. The number of anilines is 1. The first-order valence-electron chi connectivity index (χ1n) is 7.11. The van der Waals surface area contributed by atoms with Crippen molar-refractivity contribution in [3.05, 3.63) is 24.4 Å². The van der Waals surface area contributed by atoms with E-state index >= 15 is 0 Å². The van der Waals surface area contributed by atoms with Crippen LogP contribution in [0.3, 0.4) is 0 Å². The van der Waals surface area contributed by atoms with Gasteiger partial charge >= 0.3 is 0 Å². The lowest BCUT2D eigenvalue weighted by Gasteiger charge is -2.24. The molecule has 0 saturated carbocycles. The Kier molecular flexibility index (Phi) is 5.22. The first-order valence-corrected chi connectivity index (χ1v) is 7.11. The van der Waals surface area contributed by atoms with Crippen molar-refractivity contribution in [2.75, 3.05) is 38.8 Å². The Morgan fingerprint density at radius 2 is 1.86 bits per heavy atom. The predicted molar refractivity (Wildman–Crippen MR) is 84.4 cm³/mol. The molecule has 1 aromatic carbocycles. The molecule has 0 aliphatic rings. The number of fused-ring (bicyclic) bond motifs is 1. The van der Waals surface area contributed by atoms with Gasteiger partial charge in [-0.25, -0.2) is 4.98 Å². The highest BCUT2D eigenvalue weighted by Crippen LogP contribution is 2.35. The molecule has 1 N–H and O–H groups in total. The topological polar surface area (TPSA) is 54.8 Å². The van der Waals surface area contributed by atoms with E-state index in [0.717, 1.165) is 29.6 Å². The molecule has 0 aliphatic carbocycles. The molecule has 21 heavy (non-hydrogen) atoms. The third kappa shape index (κ3) is 3.19. The minimum absolute atomic E-state index is 0.103. The van der Waals surface area contributed by atoms with Crippen molar-refractivity contribution < 1.29 is 14.6 Å². The molecule has 0 atom stereocenters. The number of benzene rings is 1. The second-order valence-electron chi connectivity index (χ2n) is 4.77. The van der Waals surface area contributed by atoms with E-state index in [1.807, 2.05) is 18.2 Å². The zero-order valence-corrected chi connectivity index (χ0v) is 12.8. The lowest BCUT2D eigenvalue weighted by molar-refractivity contribution is 0.301. The number of hydrogen-bond donors (Lipinski definition) is 1. The largest absolute Gasteiger partial charge is 0.493 e. The van der Waals surface area contributed by atoms with Crippen molar-refractivity contribution in [1.29, 1.82) is 0 Å². The highest BCUT2D eigenvalue weighted by Gasteiger charge is 2.14. The molecule has 1 aromatic heterocycles. The number of methoxy groups -OCH3 is 2. The van der Waals surface area contributed by atoms with Crippen LogP contribution >= 0.6 is 0 Å². The van der Waals surface area contributed by atoms with E-state index in [2.05, 4.69) is 16.8 Å². The lowest BCUT2D eigenvalue weighted by Crippen LogP contribution is -2.28. The lowest BCUT2D eigenvalue weighted by atomic mass is 10.1. The second kappa shape index (κ2) is 7.13. The van der Waals surface area contributed by atoms with Gasteiger partial charge < -0.3 is 19.5 Å². The summed E-state index contributed by atoms with van der Waals surface area (Å²) in [5.74, 6) is 2.25. The van der Waals surface area contributed by atoms with Crippen molar-refractivity contribution in [3.63, 3.8) is 0 Å². The first-order chi connectivity index (χ1) is 10.2. The fraction of sp³-hybridized carbons (Fsp3) is 0.438. The van der Waals surface area contributed by atoms with E-state index in [1.54, 1.807) is 20.4 Å². The molecule has 0 amide bonds. The zero-order valence-electron chi connectivity index (χ0n) is 12.8. The summed E-state index contributed by atoms with van der Waals surface area (Å²) in [5, 5.41) is 11.3. The normalized spacial score (nSPS) is 10.7. The fourth-order valence-corrected chi connectivity index (χ4v) is 2.45. The maximum atomic E-state index is 9.27. The molecular weight excluding hydrogens is 268 g/mol. The molecule has 0 bridgehead atoms. The van der Waals surface area contributed by atoms with Crippen LogP contribution in [-0.2, 0) is 0 Å². The molecule has 2 aromatic rings. The van der Waals surface area contributed by atoms with Gasteiger partial charge in [-0.05, 0) is 30.0 Å². The van der Waals surface area contributed by atoms with Crippen molar-refractivity contribution in [3.8, 4) is 11.5 Å². The van der Waals surface area contributed by atoms with Gasteiger partial charge in [-0.2, -0.15) is 0 Å². The van der Waals surface area contributed by atoms with Crippen LogP contribution in [0, 0.1) is 0 Å². The average Bonchev–Trinajstić information content (AvgIpc) is 2.52. The van der Waals surface area contributed by atoms with Crippen LogP contribution in [0.5, 0.6) is 11.5 Å². The summed E-state index contributed by atoms with van der Waals surface area (Å²) in [6.45, 7) is 3.62. The number of aromatic nitrogens is 1. The Morgan fingerprint density at radius 3 is 2.48 bits per heavy atom. The summed E-state index contributed by atoms with van der Waals surface area (Å²) in [5.41, 5.74) is 0. The van der Waals surface area contributed by atoms with Crippen LogP contribution in [0.15, 0.2) is 24.4 Å². The fourth-order valence-electron chi connectivity index (χ4n) is 2.45. The summed E-state index contributed by atoms with van der Waals surface area (Å²) in [6.07, 6.45) is 2.77. The maximum Gasteiger partial charge on any atom is 0.161 e. The van der Waals surface area contributed by atoms with Gasteiger partial charge in [0.1, 0.15) is 5.82 Å². The third-order valence-electron chi connectivity index (χ3n) is 3.41. The Bertz CT molecular complexity index is 595. The summed E-state index contributed by atoms with van der Waals surface area (Å²) in [7, 11) is 3.25. The number of aliphatic hydroxyl groups is 1. The third-order valence-corrected chi connectivity index (χ3v) is 3.41. The number of rotatable bonds is 7. The number of nitrogens with zero attached hydrogens (tertiary/aromatic N) is 2. The van der Waals surface area contributed by atoms with Gasteiger partial charge in [0, 0.05) is 24.7 Å². The molecular formula is C16H22N2O3. The van der Waals surface area contributed by atoms with Crippen LogP contribution in [0.1, 0.15) is 13.3 Å². The molecule has 2 rings (SSSR count). The van der Waals surface area contributed by atoms with Crippen LogP contribution < -0.4 is 14.4 Å². The van der Waals surface area contributed by atoms with Crippen molar-refractivity contribution in [1.82, 2.24) is 4.98 Å². The van der Waals surface area contributed by atoms with Crippen molar-refractivity contribution in [2.24, 2.45) is 0 Å². The molecule has 1 heterocycles. The SMILES string of the molecule is CCCN(CCO)c1nccc2cc(OC)c(OC)cc12. The quantitative estimate of drug-likeness (QED) is 0.849. The molecule has 0 radical (unpaired) electrons. The van der Waals surface area contributed by atoms with Gasteiger partial charge in [0.05, 0.1) is 20.8 Å². The van der Waals surface area contributed by atoms with Crippen LogP contribution in [0.2, 0.25) is 0 Å². The summed E-state index contributed by atoms with van der Waals surface area (Å²) in [4.78, 5) is 6.59. The first kappa shape index (κ1) is 15.4. The maximum absolute atomic E-state index is 9.27. The predicted octanol–water partition coefficient (Wildman–Crippen LogP) is 2.46. The highest BCUT2D eigenvalue weighted by atomic mass is 16.5. The van der Waals surface area contributed by atoms with Crippen molar-refractivity contribution in [2.45, 2.75) is 13.3 Å². The van der Waals surface area contributed by atoms with Crippen molar-refractivity contribution >= 4 is 16.6 Å². The van der Waals surface area contributed by atoms with Gasteiger partial charge in [-0.1, -0.05) is 6.92 Å². The molecule has 0 aliphatic heterocycles. The van der Waals surface area contributed by atoms with Gasteiger partial charge in [-0.15, -0.1) is 0 Å². The minimum atomic E-state index is 0.103. The molecule has 114 valence electrons.